The molecule has 5 heteroatoms. The second-order valence-electron chi connectivity index (χ2n) is 5.07. The largest absolute Gasteiger partial charge is 0.398 e. The molecule has 0 fully saturated rings. The molecule has 3 N–H and O–H groups in total. The van der Waals surface area contributed by atoms with Gasteiger partial charge in [0.25, 0.3) is 0 Å². The molecule has 1 aromatic heterocycles. The first-order valence-electron chi connectivity index (χ1n) is 6.69. The van der Waals surface area contributed by atoms with Gasteiger partial charge in [0.05, 0.1) is 17.1 Å². The van der Waals surface area contributed by atoms with Gasteiger partial charge >= 0.3 is 0 Å². The van der Waals surface area contributed by atoms with E-state index in [0.29, 0.717) is 12.1 Å². The summed E-state index contributed by atoms with van der Waals surface area (Å²) in [6.45, 7) is 0. The van der Waals surface area contributed by atoms with Crippen LogP contribution in [0.3, 0.4) is 0 Å². The first kappa shape index (κ1) is 14.1. The van der Waals surface area contributed by atoms with Gasteiger partial charge in [-0.2, -0.15) is 0 Å². The highest BCUT2D eigenvalue weighted by molar-refractivity contribution is 9.10. The molecule has 21 heavy (non-hydrogen) atoms. The lowest BCUT2D eigenvalue weighted by atomic mass is 10.0. The lowest BCUT2D eigenvalue weighted by Gasteiger charge is -2.13. The minimum absolute atomic E-state index is 0.422. The van der Waals surface area contributed by atoms with Crippen LogP contribution in [0.25, 0.3) is 11.0 Å². The van der Waals surface area contributed by atoms with Crippen LogP contribution in [0.15, 0.2) is 46.9 Å². The summed E-state index contributed by atoms with van der Waals surface area (Å²) in [5.41, 5.74) is 9.25. The van der Waals surface area contributed by atoms with E-state index in [2.05, 4.69) is 20.9 Å². The number of imidazole rings is 1. The van der Waals surface area contributed by atoms with Crippen molar-refractivity contribution in [1.29, 1.82) is 0 Å². The number of nitrogens with two attached hydrogens (primary N) is 1. The Kier molecular flexibility index (Phi) is 3.69. The lowest BCUT2D eigenvalue weighted by molar-refractivity contribution is 0.175. The summed E-state index contributed by atoms with van der Waals surface area (Å²) in [5.74, 6) is 0.836. The monoisotopic (exact) mass is 345 g/mol. The molecular weight excluding hydrogens is 330 g/mol. The Hall–Kier alpha value is -1.85. The molecule has 0 aliphatic heterocycles. The summed E-state index contributed by atoms with van der Waals surface area (Å²) >= 11 is 3.41. The van der Waals surface area contributed by atoms with Gasteiger partial charge in [-0.3, -0.25) is 0 Å². The van der Waals surface area contributed by atoms with Crippen molar-refractivity contribution in [3.05, 3.63) is 58.3 Å². The van der Waals surface area contributed by atoms with Gasteiger partial charge in [0.15, 0.2) is 0 Å². The quantitative estimate of drug-likeness (QED) is 0.716. The van der Waals surface area contributed by atoms with Crippen LogP contribution in [0.1, 0.15) is 17.5 Å². The third-order valence-corrected chi connectivity index (χ3v) is 4.16. The van der Waals surface area contributed by atoms with E-state index < -0.39 is 6.10 Å². The average molecular weight is 346 g/mol. The molecule has 1 unspecified atom stereocenters. The van der Waals surface area contributed by atoms with E-state index >= 15 is 0 Å². The number of para-hydroxylation sites is 2. The first-order chi connectivity index (χ1) is 10.1. The Labute approximate surface area is 131 Å². The van der Waals surface area contributed by atoms with Crippen molar-refractivity contribution in [1.82, 2.24) is 9.55 Å². The number of halogens is 1. The van der Waals surface area contributed by atoms with E-state index in [-0.39, 0.29) is 0 Å². The van der Waals surface area contributed by atoms with Crippen LogP contribution in [-0.2, 0) is 13.5 Å². The highest BCUT2D eigenvalue weighted by atomic mass is 79.9. The number of rotatable bonds is 3. The molecule has 3 rings (SSSR count). The van der Waals surface area contributed by atoms with Gasteiger partial charge in [0.2, 0.25) is 0 Å². The van der Waals surface area contributed by atoms with Crippen molar-refractivity contribution in [3.63, 3.8) is 0 Å². The van der Waals surface area contributed by atoms with E-state index in [0.717, 1.165) is 26.9 Å². The number of nitrogens with zero attached hydrogens (tertiary/aromatic N) is 2. The number of aliphatic hydroxyl groups excluding tert-OH is 1. The van der Waals surface area contributed by atoms with Gasteiger partial charge in [-0.1, -0.05) is 28.1 Å². The number of aryl methyl sites for hydroxylation is 1. The number of fused-ring (bicyclic) bond motifs is 1. The van der Waals surface area contributed by atoms with Gasteiger partial charge in [-0.05, 0) is 30.3 Å². The maximum atomic E-state index is 10.5. The Bertz CT molecular complexity index is 797. The molecule has 0 bridgehead atoms. The van der Waals surface area contributed by atoms with Crippen molar-refractivity contribution in [2.45, 2.75) is 12.5 Å². The molecule has 3 aromatic rings. The zero-order valence-corrected chi connectivity index (χ0v) is 13.2. The minimum Gasteiger partial charge on any atom is -0.398 e. The summed E-state index contributed by atoms with van der Waals surface area (Å²) in [6, 6.07) is 13.4. The zero-order valence-electron chi connectivity index (χ0n) is 11.6. The number of hydrogen-bond acceptors (Lipinski definition) is 3. The van der Waals surface area contributed by atoms with Crippen molar-refractivity contribution >= 4 is 32.7 Å². The van der Waals surface area contributed by atoms with Gasteiger partial charge in [-0.15, -0.1) is 0 Å². The fourth-order valence-corrected chi connectivity index (χ4v) is 2.87. The van der Waals surface area contributed by atoms with E-state index in [9.17, 15) is 5.11 Å². The van der Waals surface area contributed by atoms with Crippen molar-refractivity contribution in [2.75, 3.05) is 5.73 Å². The van der Waals surface area contributed by atoms with Crippen LogP contribution in [0.2, 0.25) is 0 Å². The molecule has 0 saturated heterocycles. The Balaban J connectivity index is 1.94. The molecule has 0 spiro atoms. The van der Waals surface area contributed by atoms with Gasteiger partial charge in [0.1, 0.15) is 5.82 Å². The molecule has 108 valence electrons. The third kappa shape index (κ3) is 2.66. The summed E-state index contributed by atoms with van der Waals surface area (Å²) in [4.78, 5) is 4.58. The molecule has 0 radical (unpaired) electrons. The maximum absolute atomic E-state index is 10.5. The molecule has 4 nitrogen and oxygen atoms in total. The van der Waals surface area contributed by atoms with Crippen molar-refractivity contribution in [2.24, 2.45) is 7.05 Å². The highest BCUT2D eigenvalue weighted by Crippen LogP contribution is 2.27. The molecule has 0 aliphatic carbocycles. The third-order valence-electron chi connectivity index (χ3n) is 3.66. The second kappa shape index (κ2) is 5.50. The van der Waals surface area contributed by atoms with Crippen LogP contribution in [0.5, 0.6) is 0 Å². The van der Waals surface area contributed by atoms with Gasteiger partial charge < -0.3 is 15.4 Å². The first-order valence-corrected chi connectivity index (χ1v) is 7.49. The Morgan fingerprint density at radius 1 is 1.29 bits per heavy atom. The van der Waals surface area contributed by atoms with Crippen LogP contribution in [-0.4, -0.2) is 14.7 Å². The van der Waals surface area contributed by atoms with Gasteiger partial charge in [-0.25, -0.2) is 4.98 Å². The predicted molar refractivity (Wildman–Crippen MR) is 87.9 cm³/mol. The second-order valence-corrected chi connectivity index (χ2v) is 5.98. The number of aromatic nitrogens is 2. The summed E-state index contributed by atoms with van der Waals surface area (Å²) < 4.78 is 2.91. The Morgan fingerprint density at radius 3 is 2.81 bits per heavy atom. The summed E-state index contributed by atoms with van der Waals surface area (Å²) in [5, 5.41) is 10.5. The molecular formula is C16H16BrN3O. The topological polar surface area (TPSA) is 64.1 Å². The van der Waals surface area contributed by atoms with Crippen LogP contribution in [0.4, 0.5) is 5.69 Å². The van der Waals surface area contributed by atoms with Crippen molar-refractivity contribution < 1.29 is 5.11 Å². The minimum atomic E-state index is -0.682. The number of nitrogen functional groups attached to an aromatic ring is 1. The average Bonchev–Trinajstić information content (AvgIpc) is 2.78. The van der Waals surface area contributed by atoms with E-state index in [1.54, 1.807) is 6.07 Å². The molecule has 1 atom stereocenters. The number of hydrogen-bond donors (Lipinski definition) is 2. The normalized spacial score (nSPS) is 12.7. The highest BCUT2D eigenvalue weighted by Gasteiger charge is 2.16. The SMILES string of the molecule is Cn1c(CC(O)c2cc(Br)ccc2N)nc2ccccc21. The molecule has 2 aromatic carbocycles. The standard InChI is InChI=1S/C16H16BrN3O/c1-20-14-5-3-2-4-13(14)19-16(20)9-15(21)11-8-10(17)6-7-12(11)18/h2-8,15,21H,9,18H2,1H3. The fourth-order valence-electron chi connectivity index (χ4n) is 2.50. The lowest BCUT2D eigenvalue weighted by Crippen LogP contribution is -2.09. The number of anilines is 1. The van der Waals surface area contributed by atoms with E-state index in [4.69, 9.17) is 5.73 Å². The number of aliphatic hydroxyl groups is 1. The predicted octanol–water partition coefficient (Wildman–Crippen LogP) is 3.19. The molecule has 0 amide bonds. The van der Waals surface area contributed by atoms with Crippen LogP contribution < -0.4 is 5.73 Å². The van der Waals surface area contributed by atoms with Crippen LogP contribution in [0, 0.1) is 0 Å². The molecule has 0 aliphatic rings. The smallest absolute Gasteiger partial charge is 0.112 e. The van der Waals surface area contributed by atoms with E-state index in [1.165, 1.54) is 0 Å². The Morgan fingerprint density at radius 2 is 2.05 bits per heavy atom. The van der Waals surface area contributed by atoms with Gasteiger partial charge in [0, 0.05) is 29.2 Å². The molecule has 1 heterocycles. The summed E-state index contributed by atoms with van der Waals surface area (Å²) in [7, 11) is 1.96. The fraction of sp³-hybridized carbons (Fsp3) is 0.188. The van der Waals surface area contributed by atoms with Crippen molar-refractivity contribution in [3.8, 4) is 0 Å². The molecule has 0 saturated carbocycles. The van der Waals surface area contributed by atoms with E-state index in [1.807, 2.05) is 48.0 Å². The maximum Gasteiger partial charge on any atom is 0.112 e. The zero-order chi connectivity index (χ0) is 15.0. The van der Waals surface area contributed by atoms with Crippen LogP contribution >= 0.6 is 15.9 Å². The summed E-state index contributed by atoms with van der Waals surface area (Å²) in [6.07, 6.45) is -0.260. The number of benzene rings is 2.